The lowest BCUT2D eigenvalue weighted by molar-refractivity contribution is 0.110. The van der Waals surface area contributed by atoms with Crippen LogP contribution in [0.15, 0.2) is 21.9 Å². The highest BCUT2D eigenvalue weighted by Crippen LogP contribution is 2.27. The minimum Gasteiger partial charge on any atom is -0.473 e. The molecule has 0 bridgehead atoms. The van der Waals surface area contributed by atoms with Gasteiger partial charge in [-0.25, -0.2) is 0 Å². The fourth-order valence-electron chi connectivity index (χ4n) is 1.02. The second kappa shape index (κ2) is 3.63. The number of aldehydes is 1. The van der Waals surface area contributed by atoms with Crippen LogP contribution in [0.5, 0.6) is 5.19 Å². The molecule has 0 aliphatic rings. The quantitative estimate of drug-likeness (QED) is 0.727. The van der Waals surface area contributed by atoms with Crippen molar-refractivity contribution in [2.45, 2.75) is 0 Å². The number of carbonyl (C=O) groups is 1. The molecule has 5 heteroatoms. The molecule has 2 rings (SSSR count). The average Bonchev–Trinajstić information content (AvgIpc) is 2.86. The lowest BCUT2D eigenvalue weighted by Gasteiger charge is -1.89. The average molecular weight is 209 g/mol. The molecule has 0 fully saturated rings. The van der Waals surface area contributed by atoms with Crippen molar-refractivity contribution in [1.82, 2.24) is 4.98 Å². The molecule has 2 heterocycles. The molecule has 0 radical (unpaired) electrons. The largest absolute Gasteiger partial charge is 0.473 e. The SMILES string of the molecule is COc1nc(-c2ccc(C=O)o2)cs1. The predicted octanol–water partition coefficient (Wildman–Crippen LogP) is 2.22. The van der Waals surface area contributed by atoms with Crippen LogP contribution in [0.2, 0.25) is 0 Å². The van der Waals surface area contributed by atoms with Gasteiger partial charge < -0.3 is 9.15 Å². The highest BCUT2D eigenvalue weighted by Gasteiger charge is 2.08. The van der Waals surface area contributed by atoms with E-state index in [1.54, 1.807) is 19.2 Å². The Morgan fingerprint density at radius 1 is 1.57 bits per heavy atom. The van der Waals surface area contributed by atoms with E-state index >= 15 is 0 Å². The Balaban J connectivity index is 2.33. The Morgan fingerprint density at radius 2 is 2.43 bits per heavy atom. The van der Waals surface area contributed by atoms with E-state index in [1.807, 2.05) is 5.38 Å². The van der Waals surface area contributed by atoms with Crippen LogP contribution in [0, 0.1) is 0 Å². The Morgan fingerprint density at radius 3 is 3.00 bits per heavy atom. The highest BCUT2D eigenvalue weighted by molar-refractivity contribution is 7.11. The summed E-state index contributed by atoms with van der Waals surface area (Å²) in [6, 6.07) is 3.31. The number of hydrogen-bond acceptors (Lipinski definition) is 5. The molecule has 0 aromatic carbocycles. The van der Waals surface area contributed by atoms with Gasteiger partial charge in [0.05, 0.1) is 7.11 Å². The Bertz CT molecular complexity index is 446. The number of carbonyl (C=O) groups excluding carboxylic acids is 1. The second-order valence-corrected chi connectivity index (χ2v) is 3.34. The molecule has 2 aromatic heterocycles. The van der Waals surface area contributed by atoms with Gasteiger partial charge in [0.25, 0.3) is 5.19 Å². The van der Waals surface area contributed by atoms with Gasteiger partial charge in [0.15, 0.2) is 17.8 Å². The van der Waals surface area contributed by atoms with Crippen molar-refractivity contribution in [2.24, 2.45) is 0 Å². The van der Waals surface area contributed by atoms with Crippen molar-refractivity contribution in [3.05, 3.63) is 23.3 Å². The van der Waals surface area contributed by atoms with E-state index in [9.17, 15) is 4.79 Å². The number of aromatic nitrogens is 1. The van der Waals surface area contributed by atoms with E-state index in [4.69, 9.17) is 9.15 Å². The number of methoxy groups -OCH3 is 1. The van der Waals surface area contributed by atoms with Gasteiger partial charge in [-0.1, -0.05) is 11.3 Å². The molecule has 0 amide bonds. The van der Waals surface area contributed by atoms with E-state index in [1.165, 1.54) is 11.3 Å². The summed E-state index contributed by atoms with van der Waals surface area (Å²) in [6.07, 6.45) is 0.660. The van der Waals surface area contributed by atoms with Gasteiger partial charge in [-0.2, -0.15) is 4.98 Å². The maximum atomic E-state index is 10.4. The number of furan rings is 1. The molecular formula is C9H7NO3S. The molecule has 4 nitrogen and oxygen atoms in total. The Hall–Kier alpha value is -1.62. The van der Waals surface area contributed by atoms with E-state index in [0.717, 1.165) is 0 Å². The molecular weight excluding hydrogens is 202 g/mol. The summed E-state index contributed by atoms with van der Waals surface area (Å²) in [5.74, 6) is 0.874. The summed E-state index contributed by atoms with van der Waals surface area (Å²) in [5.41, 5.74) is 0.681. The van der Waals surface area contributed by atoms with Crippen LogP contribution in [-0.2, 0) is 0 Å². The van der Waals surface area contributed by atoms with Crippen LogP contribution in [-0.4, -0.2) is 18.4 Å². The molecule has 2 aromatic rings. The molecule has 0 saturated heterocycles. The number of thiazole rings is 1. The maximum absolute atomic E-state index is 10.4. The standard InChI is InChI=1S/C9H7NO3S/c1-12-9-10-7(5-14-9)8-3-2-6(4-11)13-8/h2-5H,1H3. The topological polar surface area (TPSA) is 52.3 Å². The molecule has 0 spiro atoms. The molecule has 0 unspecified atom stereocenters. The minimum atomic E-state index is 0.298. The second-order valence-electron chi connectivity index (χ2n) is 2.52. The third kappa shape index (κ3) is 1.54. The van der Waals surface area contributed by atoms with Crippen molar-refractivity contribution in [3.8, 4) is 16.6 Å². The van der Waals surface area contributed by atoms with Crippen molar-refractivity contribution in [3.63, 3.8) is 0 Å². The minimum absolute atomic E-state index is 0.298. The van der Waals surface area contributed by atoms with Gasteiger partial charge in [-0.15, -0.1) is 0 Å². The van der Waals surface area contributed by atoms with Gasteiger partial charge in [-0.3, -0.25) is 4.79 Å². The smallest absolute Gasteiger partial charge is 0.273 e. The summed E-state index contributed by atoms with van der Waals surface area (Å²) >= 11 is 1.38. The summed E-state index contributed by atoms with van der Waals surface area (Å²) < 4.78 is 10.1. The first kappa shape index (κ1) is 8.96. The lowest BCUT2D eigenvalue weighted by atomic mass is 10.4. The van der Waals surface area contributed by atoms with Crippen LogP contribution in [0.1, 0.15) is 10.6 Å². The van der Waals surface area contributed by atoms with Crippen LogP contribution < -0.4 is 4.74 Å². The molecule has 72 valence electrons. The van der Waals surface area contributed by atoms with E-state index in [-0.39, 0.29) is 0 Å². The Kier molecular flexibility index (Phi) is 2.32. The lowest BCUT2D eigenvalue weighted by Crippen LogP contribution is -1.80. The summed E-state index contributed by atoms with van der Waals surface area (Å²) in [5, 5.41) is 2.38. The molecule has 0 saturated carbocycles. The van der Waals surface area contributed by atoms with Crippen LogP contribution >= 0.6 is 11.3 Å². The highest BCUT2D eigenvalue weighted by atomic mass is 32.1. The first-order chi connectivity index (χ1) is 6.83. The summed E-state index contributed by atoms with van der Waals surface area (Å²) in [6.45, 7) is 0. The van der Waals surface area contributed by atoms with Gasteiger partial charge >= 0.3 is 0 Å². The molecule has 0 N–H and O–H groups in total. The first-order valence-corrected chi connectivity index (χ1v) is 4.76. The number of hydrogen-bond donors (Lipinski definition) is 0. The first-order valence-electron chi connectivity index (χ1n) is 3.88. The zero-order chi connectivity index (χ0) is 9.97. The third-order valence-corrected chi connectivity index (χ3v) is 2.45. The molecule has 0 atom stereocenters. The van der Waals surface area contributed by atoms with Gasteiger partial charge in [0.1, 0.15) is 5.69 Å². The van der Waals surface area contributed by atoms with Gasteiger partial charge in [0.2, 0.25) is 0 Å². The van der Waals surface area contributed by atoms with Crippen LogP contribution in [0.3, 0.4) is 0 Å². The fourth-order valence-corrected chi connectivity index (χ4v) is 1.65. The molecule has 0 aliphatic carbocycles. The van der Waals surface area contributed by atoms with Gasteiger partial charge in [0, 0.05) is 5.38 Å². The van der Waals surface area contributed by atoms with Crippen molar-refractivity contribution < 1.29 is 13.9 Å². The zero-order valence-corrected chi connectivity index (χ0v) is 8.21. The maximum Gasteiger partial charge on any atom is 0.273 e. The van der Waals surface area contributed by atoms with E-state index in [2.05, 4.69) is 4.98 Å². The molecule has 14 heavy (non-hydrogen) atoms. The fraction of sp³-hybridized carbons (Fsp3) is 0.111. The van der Waals surface area contributed by atoms with Crippen molar-refractivity contribution in [1.29, 1.82) is 0 Å². The number of ether oxygens (including phenoxy) is 1. The van der Waals surface area contributed by atoms with Crippen LogP contribution in [0.25, 0.3) is 11.5 Å². The predicted molar refractivity (Wildman–Crippen MR) is 51.8 cm³/mol. The number of rotatable bonds is 3. The van der Waals surface area contributed by atoms with Crippen LogP contribution in [0.4, 0.5) is 0 Å². The van der Waals surface area contributed by atoms with Gasteiger partial charge in [-0.05, 0) is 12.1 Å². The zero-order valence-electron chi connectivity index (χ0n) is 7.39. The monoisotopic (exact) mass is 209 g/mol. The third-order valence-electron chi connectivity index (χ3n) is 1.65. The van der Waals surface area contributed by atoms with Crippen molar-refractivity contribution in [2.75, 3.05) is 7.11 Å². The summed E-state index contributed by atoms with van der Waals surface area (Å²) in [4.78, 5) is 14.5. The van der Waals surface area contributed by atoms with Crippen molar-refractivity contribution >= 4 is 17.6 Å². The normalized spacial score (nSPS) is 10.1. The Labute approximate surface area is 84.1 Å². The van der Waals surface area contributed by atoms with E-state index in [0.29, 0.717) is 28.7 Å². The number of nitrogens with zero attached hydrogens (tertiary/aromatic N) is 1. The molecule has 0 aliphatic heterocycles. The summed E-state index contributed by atoms with van der Waals surface area (Å²) in [7, 11) is 1.56. The van der Waals surface area contributed by atoms with E-state index < -0.39 is 0 Å².